The average Bonchev–Trinajstić information content (AvgIpc) is 2.26. The third kappa shape index (κ3) is 3.06. The molecule has 16 heavy (non-hydrogen) atoms. The second-order valence-electron chi connectivity index (χ2n) is 3.15. The van der Waals surface area contributed by atoms with E-state index in [4.69, 9.17) is 9.84 Å². The predicted octanol–water partition coefficient (Wildman–Crippen LogP) is 2.50. The van der Waals surface area contributed by atoms with Crippen molar-refractivity contribution in [2.45, 2.75) is 19.4 Å². The number of carboxylic acids is 1. The van der Waals surface area contributed by atoms with E-state index in [9.17, 15) is 9.59 Å². The minimum absolute atomic E-state index is 0.285. The minimum atomic E-state index is -1.04. The van der Waals surface area contributed by atoms with Crippen LogP contribution < -0.4 is 4.74 Å². The number of hydrogen-bond donors (Lipinski definition) is 1. The molecule has 0 spiro atoms. The van der Waals surface area contributed by atoms with Gasteiger partial charge >= 0.3 is 5.97 Å². The fraction of sp³-hybridized carbons (Fsp3) is 0.273. The van der Waals surface area contributed by atoms with E-state index in [0.29, 0.717) is 18.3 Å². The smallest absolute Gasteiger partial charge is 0.344 e. The largest absolute Gasteiger partial charge is 0.479 e. The second kappa shape index (κ2) is 5.65. The van der Waals surface area contributed by atoms with Gasteiger partial charge in [0.25, 0.3) is 0 Å². The Morgan fingerprint density at radius 2 is 2.31 bits per heavy atom. The molecule has 1 aromatic carbocycles. The van der Waals surface area contributed by atoms with Crippen LogP contribution in [-0.2, 0) is 4.79 Å². The SMILES string of the molecule is CC[C@@H](Oc1ccc(Br)cc1C=O)C(=O)O. The van der Waals surface area contributed by atoms with Crippen molar-refractivity contribution in [3.8, 4) is 5.75 Å². The average molecular weight is 287 g/mol. The quantitative estimate of drug-likeness (QED) is 0.845. The Hall–Kier alpha value is -1.36. The molecule has 1 atom stereocenters. The molecule has 0 saturated heterocycles. The van der Waals surface area contributed by atoms with Crippen LogP contribution >= 0.6 is 15.9 Å². The molecule has 0 aromatic heterocycles. The van der Waals surface area contributed by atoms with Gasteiger partial charge in [-0.2, -0.15) is 0 Å². The Balaban J connectivity index is 2.95. The maximum absolute atomic E-state index is 10.8. The summed E-state index contributed by atoms with van der Waals surface area (Å²) in [5.74, 6) is -0.755. The van der Waals surface area contributed by atoms with Gasteiger partial charge in [-0.05, 0) is 24.6 Å². The van der Waals surface area contributed by atoms with Gasteiger partial charge in [-0.15, -0.1) is 0 Å². The van der Waals surface area contributed by atoms with Gasteiger partial charge in [-0.1, -0.05) is 22.9 Å². The monoisotopic (exact) mass is 286 g/mol. The molecule has 4 nitrogen and oxygen atoms in total. The topological polar surface area (TPSA) is 63.6 Å². The highest BCUT2D eigenvalue weighted by Gasteiger charge is 2.18. The van der Waals surface area contributed by atoms with Crippen LogP contribution in [0.15, 0.2) is 22.7 Å². The Labute approximate surface area is 101 Å². The number of benzene rings is 1. The van der Waals surface area contributed by atoms with Crippen LogP contribution in [0.5, 0.6) is 5.75 Å². The first-order valence-electron chi connectivity index (χ1n) is 4.72. The number of rotatable bonds is 5. The zero-order chi connectivity index (χ0) is 12.1. The van der Waals surface area contributed by atoms with E-state index in [1.54, 1.807) is 25.1 Å². The van der Waals surface area contributed by atoms with Crippen LogP contribution in [-0.4, -0.2) is 23.5 Å². The van der Waals surface area contributed by atoms with E-state index in [0.717, 1.165) is 4.47 Å². The third-order valence-electron chi connectivity index (χ3n) is 2.01. The van der Waals surface area contributed by atoms with Crippen LogP contribution in [0.3, 0.4) is 0 Å². The van der Waals surface area contributed by atoms with E-state index >= 15 is 0 Å². The van der Waals surface area contributed by atoms with E-state index in [1.165, 1.54) is 0 Å². The molecule has 0 bridgehead atoms. The highest BCUT2D eigenvalue weighted by molar-refractivity contribution is 9.10. The van der Waals surface area contributed by atoms with Crippen molar-refractivity contribution >= 4 is 28.2 Å². The molecule has 0 aliphatic rings. The number of aliphatic carboxylic acids is 1. The molecule has 0 aliphatic carbocycles. The summed E-state index contributed by atoms with van der Waals surface area (Å²) >= 11 is 3.22. The number of carboxylic acid groups (broad SMARTS) is 1. The van der Waals surface area contributed by atoms with Crippen LogP contribution in [0.4, 0.5) is 0 Å². The van der Waals surface area contributed by atoms with Crippen molar-refractivity contribution in [3.05, 3.63) is 28.2 Å². The fourth-order valence-corrected chi connectivity index (χ4v) is 1.56. The normalized spacial score (nSPS) is 11.9. The molecule has 0 amide bonds. The molecule has 0 radical (unpaired) electrons. The molecule has 0 saturated carbocycles. The number of halogens is 1. The lowest BCUT2D eigenvalue weighted by atomic mass is 10.2. The van der Waals surface area contributed by atoms with Crippen molar-refractivity contribution < 1.29 is 19.4 Å². The van der Waals surface area contributed by atoms with Gasteiger partial charge in [0.15, 0.2) is 12.4 Å². The number of aldehydes is 1. The lowest BCUT2D eigenvalue weighted by molar-refractivity contribution is -0.145. The van der Waals surface area contributed by atoms with Crippen molar-refractivity contribution in [2.24, 2.45) is 0 Å². The Bertz CT molecular complexity index is 403. The zero-order valence-electron chi connectivity index (χ0n) is 8.64. The predicted molar refractivity (Wildman–Crippen MR) is 61.9 cm³/mol. The summed E-state index contributed by atoms with van der Waals surface area (Å²) in [6.07, 6.45) is 0.0399. The second-order valence-corrected chi connectivity index (χ2v) is 4.07. The van der Waals surface area contributed by atoms with Gasteiger partial charge in [0.2, 0.25) is 0 Å². The first-order chi connectivity index (χ1) is 7.58. The van der Waals surface area contributed by atoms with Gasteiger partial charge in [-0.25, -0.2) is 4.79 Å². The van der Waals surface area contributed by atoms with Gasteiger partial charge in [-0.3, -0.25) is 4.79 Å². The summed E-state index contributed by atoms with van der Waals surface area (Å²) in [5.41, 5.74) is 0.328. The molecular formula is C11H11BrO4. The molecule has 1 aromatic rings. The Kier molecular flexibility index (Phi) is 4.49. The molecule has 86 valence electrons. The summed E-state index contributed by atoms with van der Waals surface area (Å²) in [5, 5.41) is 8.83. The summed E-state index contributed by atoms with van der Waals surface area (Å²) in [4.78, 5) is 21.5. The van der Waals surface area contributed by atoms with Crippen LogP contribution in [0.2, 0.25) is 0 Å². The van der Waals surface area contributed by atoms with E-state index in [1.807, 2.05) is 0 Å². The zero-order valence-corrected chi connectivity index (χ0v) is 10.2. The molecule has 1 rings (SSSR count). The molecular weight excluding hydrogens is 276 g/mol. The number of carbonyl (C=O) groups is 2. The van der Waals surface area contributed by atoms with Gasteiger partial charge < -0.3 is 9.84 Å². The molecule has 0 unspecified atom stereocenters. The van der Waals surface area contributed by atoms with E-state index < -0.39 is 12.1 Å². The van der Waals surface area contributed by atoms with Crippen molar-refractivity contribution in [1.29, 1.82) is 0 Å². The lowest BCUT2D eigenvalue weighted by Gasteiger charge is -2.14. The third-order valence-corrected chi connectivity index (χ3v) is 2.51. The van der Waals surface area contributed by atoms with E-state index in [2.05, 4.69) is 15.9 Å². The van der Waals surface area contributed by atoms with Crippen LogP contribution in [0.25, 0.3) is 0 Å². The molecule has 1 N–H and O–H groups in total. The van der Waals surface area contributed by atoms with Crippen LogP contribution in [0, 0.1) is 0 Å². The van der Waals surface area contributed by atoms with Crippen molar-refractivity contribution in [1.82, 2.24) is 0 Å². The summed E-state index contributed by atoms with van der Waals surface area (Å²) in [6, 6.07) is 4.84. The van der Waals surface area contributed by atoms with Crippen molar-refractivity contribution in [2.75, 3.05) is 0 Å². The molecule has 0 heterocycles. The van der Waals surface area contributed by atoms with Gasteiger partial charge in [0, 0.05) is 4.47 Å². The molecule has 5 heteroatoms. The maximum Gasteiger partial charge on any atom is 0.344 e. The number of hydrogen-bond acceptors (Lipinski definition) is 3. The molecule has 0 fully saturated rings. The van der Waals surface area contributed by atoms with Crippen molar-refractivity contribution in [3.63, 3.8) is 0 Å². The van der Waals surface area contributed by atoms with Gasteiger partial charge in [0.05, 0.1) is 5.56 Å². The fourth-order valence-electron chi connectivity index (χ4n) is 1.18. The lowest BCUT2D eigenvalue weighted by Crippen LogP contribution is -2.26. The maximum atomic E-state index is 10.8. The first kappa shape index (κ1) is 12.7. The highest BCUT2D eigenvalue weighted by Crippen LogP contribution is 2.23. The first-order valence-corrected chi connectivity index (χ1v) is 5.52. The Morgan fingerprint density at radius 1 is 1.62 bits per heavy atom. The highest BCUT2D eigenvalue weighted by atomic mass is 79.9. The van der Waals surface area contributed by atoms with Gasteiger partial charge in [0.1, 0.15) is 5.75 Å². The summed E-state index contributed by atoms with van der Waals surface area (Å²) < 4.78 is 5.99. The summed E-state index contributed by atoms with van der Waals surface area (Å²) in [6.45, 7) is 1.71. The number of ether oxygens (including phenoxy) is 1. The standard InChI is InChI=1S/C11H11BrO4/c1-2-9(11(14)15)16-10-4-3-8(12)5-7(10)6-13/h3-6,9H,2H2,1H3,(H,14,15)/t9-/m1/s1. The van der Waals surface area contributed by atoms with E-state index in [-0.39, 0.29) is 5.75 Å². The minimum Gasteiger partial charge on any atom is -0.479 e. The summed E-state index contributed by atoms with van der Waals surface area (Å²) in [7, 11) is 0. The Morgan fingerprint density at radius 3 is 2.81 bits per heavy atom. The number of carbonyl (C=O) groups excluding carboxylic acids is 1. The molecule has 0 aliphatic heterocycles. The van der Waals surface area contributed by atoms with Crippen LogP contribution in [0.1, 0.15) is 23.7 Å².